The van der Waals surface area contributed by atoms with Gasteiger partial charge in [-0.3, -0.25) is 6.08 Å². The molecule has 0 bridgehead atoms. The first-order valence-electron chi connectivity index (χ1n) is 5.49. The first kappa shape index (κ1) is 27.6. The van der Waals surface area contributed by atoms with Crippen LogP contribution in [-0.4, -0.2) is 22.8 Å². The Hall–Kier alpha value is 0.305. The van der Waals surface area contributed by atoms with Crippen LogP contribution in [0, 0.1) is 28.4 Å². The van der Waals surface area contributed by atoms with Crippen molar-refractivity contribution in [3.8, 4) is 0 Å². The molecule has 0 atom stereocenters. The summed E-state index contributed by atoms with van der Waals surface area (Å²) in [6.45, 7) is 6.45. The van der Waals surface area contributed by atoms with Crippen LogP contribution in [0.4, 0.5) is 0 Å². The maximum atomic E-state index is 5.60. The van der Waals surface area contributed by atoms with Gasteiger partial charge >= 0.3 is 29.6 Å². The Morgan fingerprint density at radius 3 is 2.00 bits per heavy atom. The smallest absolute Gasteiger partial charge is 0.396 e. The average molecular weight is 466 g/mol. The predicted octanol–water partition coefficient (Wildman–Crippen LogP) is 4.49. The summed E-state index contributed by atoms with van der Waals surface area (Å²) >= 11 is 0. The molecule has 0 aromatic heterocycles. The molecule has 0 N–H and O–H groups in total. The third-order valence-electron chi connectivity index (χ3n) is 3.17. The van der Waals surface area contributed by atoms with Crippen LogP contribution >= 0.6 is 0 Å². The van der Waals surface area contributed by atoms with Crippen molar-refractivity contribution in [1.29, 1.82) is 0 Å². The van der Waals surface area contributed by atoms with Gasteiger partial charge in [-0.15, -0.1) is 11.6 Å². The van der Waals surface area contributed by atoms with Gasteiger partial charge in [-0.25, -0.2) is 5.57 Å². The molecule has 116 valence electrons. The topological polar surface area (TPSA) is 18.5 Å². The van der Waals surface area contributed by atoms with Crippen molar-refractivity contribution in [2.75, 3.05) is 14.2 Å². The summed E-state index contributed by atoms with van der Waals surface area (Å²) in [4.78, 5) is 0. The Morgan fingerprint density at radius 1 is 1.16 bits per heavy atom. The van der Waals surface area contributed by atoms with Gasteiger partial charge in [-0.2, -0.15) is 5.57 Å². The fourth-order valence-corrected chi connectivity index (χ4v) is 3.94. The quantitative estimate of drug-likeness (QED) is 0.440. The summed E-state index contributed by atoms with van der Waals surface area (Å²) in [5, 5.41) is 1.37. The number of hydrogen-bond donors (Lipinski definition) is 0. The monoisotopic (exact) mass is 465 g/mol. The van der Waals surface area contributed by atoms with Gasteiger partial charge in [0, 0.05) is 14.2 Å². The first-order valence-corrected chi connectivity index (χ1v) is 7.81. The van der Waals surface area contributed by atoms with Gasteiger partial charge in [-0.05, 0) is 6.55 Å². The zero-order valence-corrected chi connectivity index (χ0v) is 17.0. The minimum absolute atomic E-state index is 0. The van der Waals surface area contributed by atoms with E-state index >= 15 is 0 Å². The molecule has 0 amide bonds. The van der Waals surface area contributed by atoms with Gasteiger partial charge in [0.05, 0.1) is 0 Å². The van der Waals surface area contributed by atoms with Crippen molar-refractivity contribution in [2.45, 2.75) is 39.7 Å². The van der Waals surface area contributed by atoms with Crippen LogP contribution in [0.25, 0.3) is 0 Å². The predicted molar refractivity (Wildman–Crippen MR) is 83.9 cm³/mol. The molecule has 19 heavy (non-hydrogen) atoms. The van der Waals surface area contributed by atoms with Crippen LogP contribution in [0.3, 0.4) is 0 Å². The van der Waals surface area contributed by atoms with Crippen LogP contribution in [0.15, 0.2) is 16.3 Å². The molecule has 1 rings (SSSR count). The van der Waals surface area contributed by atoms with Gasteiger partial charge in [0.2, 0.25) is 0 Å². The normalized spacial score (nSPS) is 13.6. The minimum atomic E-state index is -2.11. The van der Waals surface area contributed by atoms with Gasteiger partial charge < -0.3 is 31.1 Å². The van der Waals surface area contributed by atoms with E-state index in [2.05, 4.69) is 26.5 Å². The molecule has 0 aromatic rings. The van der Waals surface area contributed by atoms with E-state index in [0.29, 0.717) is 0 Å². The molecule has 1 aliphatic rings. The molecule has 0 aromatic carbocycles. The Balaban J connectivity index is -0.000000281. The Kier molecular flexibility index (Phi) is 17.6. The van der Waals surface area contributed by atoms with E-state index in [0.717, 1.165) is 19.3 Å². The minimum Gasteiger partial charge on any atom is -0.396 e. The fraction of sp³-hybridized carbons (Fsp3) is 0.533. The maximum absolute atomic E-state index is 5.60. The Labute approximate surface area is 137 Å². The van der Waals surface area contributed by atoms with Crippen LogP contribution in [0.5, 0.6) is 0 Å². The Bertz CT molecular complexity index is 295. The Morgan fingerprint density at radius 2 is 1.63 bits per heavy atom. The van der Waals surface area contributed by atoms with Gasteiger partial charge in [-0.1, -0.05) is 26.7 Å². The van der Waals surface area contributed by atoms with Crippen molar-refractivity contribution < 1.29 is 29.9 Å². The van der Waals surface area contributed by atoms with E-state index < -0.39 is 8.56 Å². The maximum Gasteiger partial charge on any atom is 4.00 e. The zero-order chi connectivity index (χ0) is 11.5. The second kappa shape index (κ2) is 12.1. The summed E-state index contributed by atoms with van der Waals surface area (Å²) in [6.07, 6.45) is 6.57. The molecule has 2 nitrogen and oxygen atoms in total. The zero-order valence-electron chi connectivity index (χ0n) is 13.8. The summed E-state index contributed by atoms with van der Waals surface area (Å²) in [5.41, 5.74) is 2.72. The van der Waals surface area contributed by atoms with Crippen molar-refractivity contribution >= 4 is 8.56 Å². The van der Waals surface area contributed by atoms with E-state index in [1.807, 2.05) is 0 Å². The summed E-state index contributed by atoms with van der Waals surface area (Å²) in [7, 11) is 1.39. The van der Waals surface area contributed by atoms with Crippen molar-refractivity contribution in [3.63, 3.8) is 0 Å². The van der Waals surface area contributed by atoms with E-state index in [1.165, 1.54) is 16.3 Å². The average Bonchev–Trinajstić information content (AvgIpc) is 2.61. The van der Waals surface area contributed by atoms with E-state index in [4.69, 9.17) is 8.85 Å². The third kappa shape index (κ3) is 6.07. The standard InChI is InChI=1S/C12H21O2Si.3CH3.Pt/c1-6-7-11-10(2)8-9-12(11)15(5,13-3)14-4;;;;/h6-7,9H2,1-5H3;3*1H3;/q4*-1;+4. The largest absolute Gasteiger partial charge is 4.00 e. The number of allylic oxidation sites excluding steroid dienone is 4. The molecule has 0 saturated heterocycles. The molecule has 0 unspecified atom stereocenters. The SMILES string of the molecule is CCCC1=C([Si](C)(OC)OC)C[C-]=C1C.[CH3-].[CH3-].[CH3-].[Pt+4]. The van der Waals surface area contributed by atoms with Crippen LogP contribution in [0.2, 0.25) is 6.55 Å². The molecule has 4 heteroatoms. The second-order valence-corrected chi connectivity index (χ2v) is 7.35. The van der Waals surface area contributed by atoms with Crippen LogP contribution in [-0.2, 0) is 29.9 Å². The summed E-state index contributed by atoms with van der Waals surface area (Å²) in [5.74, 6) is 0. The van der Waals surface area contributed by atoms with Gasteiger partial charge in [0.1, 0.15) is 0 Å². The third-order valence-corrected chi connectivity index (χ3v) is 6.31. The molecule has 0 heterocycles. The van der Waals surface area contributed by atoms with E-state index in [-0.39, 0.29) is 43.3 Å². The summed E-state index contributed by atoms with van der Waals surface area (Å²) < 4.78 is 11.2. The van der Waals surface area contributed by atoms with Crippen molar-refractivity contribution in [1.82, 2.24) is 0 Å². The van der Waals surface area contributed by atoms with E-state index in [9.17, 15) is 0 Å². The van der Waals surface area contributed by atoms with E-state index in [1.54, 1.807) is 14.2 Å². The number of hydrogen-bond acceptors (Lipinski definition) is 2. The van der Waals surface area contributed by atoms with Crippen LogP contribution < -0.4 is 0 Å². The van der Waals surface area contributed by atoms with Gasteiger partial charge in [0.25, 0.3) is 0 Å². The van der Waals surface area contributed by atoms with Gasteiger partial charge in [0.15, 0.2) is 0 Å². The molecular weight excluding hydrogens is 435 g/mol. The first-order chi connectivity index (χ1) is 7.09. The molecule has 0 fully saturated rings. The molecule has 1 aliphatic carbocycles. The molecule has 0 spiro atoms. The summed E-state index contributed by atoms with van der Waals surface area (Å²) in [6, 6.07) is 0. The van der Waals surface area contributed by atoms with Crippen LogP contribution in [0.1, 0.15) is 33.1 Å². The molecule has 0 saturated carbocycles. The molecule has 0 radical (unpaired) electrons. The van der Waals surface area contributed by atoms with Crippen molar-refractivity contribution in [2.24, 2.45) is 0 Å². The van der Waals surface area contributed by atoms with Crippen molar-refractivity contribution in [3.05, 3.63) is 44.7 Å². The number of rotatable bonds is 5. The molecular formula is C15H30O2PtSi. The second-order valence-electron chi connectivity index (χ2n) is 4.04. The fourth-order valence-electron chi connectivity index (χ4n) is 2.01. The molecule has 0 aliphatic heterocycles.